The van der Waals surface area contributed by atoms with Crippen LogP contribution in [0.25, 0.3) is 0 Å². The minimum absolute atomic E-state index is 0.125. The van der Waals surface area contributed by atoms with Crippen molar-refractivity contribution in [2.24, 2.45) is 23.2 Å². The zero-order chi connectivity index (χ0) is 22.8. The molecule has 33 heavy (non-hydrogen) atoms. The lowest BCUT2D eigenvalue weighted by molar-refractivity contribution is -0.0169. The molecule has 0 aliphatic heterocycles. The van der Waals surface area contributed by atoms with Crippen molar-refractivity contribution in [1.82, 2.24) is 4.98 Å². The Kier molecular flexibility index (Phi) is 5.15. The molecule has 1 aromatic heterocycles. The van der Waals surface area contributed by atoms with Gasteiger partial charge in [-0.25, -0.2) is 4.98 Å². The Morgan fingerprint density at radius 1 is 1.15 bits per heavy atom. The van der Waals surface area contributed by atoms with E-state index in [1.54, 1.807) is 12.7 Å². The smallest absolute Gasteiger partial charge is 0.183 e. The van der Waals surface area contributed by atoms with Gasteiger partial charge in [0, 0.05) is 16.8 Å². The molecule has 176 valence electrons. The molecule has 0 radical (unpaired) electrons. The molecule has 1 heterocycles. The van der Waals surface area contributed by atoms with Crippen LogP contribution in [0.3, 0.4) is 0 Å². The summed E-state index contributed by atoms with van der Waals surface area (Å²) in [5, 5.41) is 14.9. The third-order valence-corrected chi connectivity index (χ3v) is 10.7. The van der Waals surface area contributed by atoms with E-state index >= 15 is 0 Å². The second-order valence-corrected chi connectivity index (χ2v) is 12.4. The van der Waals surface area contributed by atoms with Crippen molar-refractivity contribution in [3.63, 3.8) is 0 Å². The number of thiazole rings is 1. The summed E-state index contributed by atoms with van der Waals surface area (Å²) in [6, 6.07) is 8.24. The van der Waals surface area contributed by atoms with Gasteiger partial charge in [-0.05, 0) is 85.8 Å². The lowest BCUT2D eigenvalue weighted by atomic mass is 9.48. The molecule has 0 spiro atoms. The number of aliphatic hydroxyl groups excluding tert-OH is 1. The fraction of sp³-hybridized carbons (Fsp3) is 0.607. The zero-order valence-corrected chi connectivity index (χ0v) is 20.9. The van der Waals surface area contributed by atoms with Gasteiger partial charge in [0.25, 0.3) is 0 Å². The minimum Gasteiger partial charge on any atom is -0.497 e. The molecule has 1 aromatic carbocycles. The van der Waals surface area contributed by atoms with Gasteiger partial charge in [-0.2, -0.15) is 0 Å². The zero-order valence-electron chi connectivity index (χ0n) is 20.1. The molecule has 4 nitrogen and oxygen atoms in total. The highest BCUT2D eigenvalue weighted by Gasteiger charge is 2.58. The van der Waals surface area contributed by atoms with Gasteiger partial charge in [-0.3, -0.25) is 0 Å². The highest BCUT2D eigenvalue weighted by molar-refractivity contribution is 7.15. The van der Waals surface area contributed by atoms with Crippen LogP contribution in [-0.2, 0) is 18.4 Å². The standard InChI is InChI=1S/C28H36N2O2S/c1-27-11-9-19(31)14-18(27)7-8-21-22(27)10-12-28(2)23(21)15-24-25(28)30-26(33-24)29-16-17-5-4-6-20(13-17)32-3/h4-7,13,19,21-23,31H,8-12,14-16H2,1-3H3,(H,29,30). The van der Waals surface area contributed by atoms with E-state index in [2.05, 4.69) is 37.4 Å². The lowest BCUT2D eigenvalue weighted by Crippen LogP contribution is -2.51. The summed E-state index contributed by atoms with van der Waals surface area (Å²) in [5.74, 6) is 3.12. The predicted molar refractivity (Wildman–Crippen MR) is 134 cm³/mol. The number of nitrogens with one attached hydrogen (secondary N) is 1. The van der Waals surface area contributed by atoms with Crippen molar-refractivity contribution in [2.45, 2.75) is 76.9 Å². The average molecular weight is 465 g/mol. The number of aromatic nitrogens is 1. The van der Waals surface area contributed by atoms with Crippen molar-refractivity contribution >= 4 is 16.5 Å². The molecule has 4 aliphatic rings. The van der Waals surface area contributed by atoms with Gasteiger partial charge in [-0.15, -0.1) is 11.3 Å². The van der Waals surface area contributed by atoms with Crippen LogP contribution in [0.15, 0.2) is 35.9 Å². The third-order valence-electron chi connectivity index (χ3n) is 9.69. The van der Waals surface area contributed by atoms with Crippen LogP contribution in [-0.4, -0.2) is 23.3 Å². The second kappa shape index (κ2) is 7.84. The minimum atomic E-state index is -0.125. The molecule has 2 aromatic rings. The molecular formula is C28H36N2O2S. The van der Waals surface area contributed by atoms with Crippen LogP contribution in [0.1, 0.15) is 68.5 Å². The highest BCUT2D eigenvalue weighted by atomic mass is 32.1. The van der Waals surface area contributed by atoms with Crippen LogP contribution in [0.5, 0.6) is 5.75 Å². The van der Waals surface area contributed by atoms with Crippen molar-refractivity contribution in [1.29, 1.82) is 0 Å². The van der Waals surface area contributed by atoms with Gasteiger partial charge < -0.3 is 15.2 Å². The molecule has 4 aliphatic carbocycles. The first-order chi connectivity index (χ1) is 15.9. The molecule has 6 rings (SSSR count). The molecule has 0 saturated heterocycles. The normalized spacial score (nSPS) is 36.8. The molecule has 6 unspecified atom stereocenters. The number of anilines is 1. The number of rotatable bonds is 4. The summed E-state index contributed by atoms with van der Waals surface area (Å²) in [6.07, 6.45) is 10.3. The van der Waals surface area contributed by atoms with Crippen LogP contribution in [0.4, 0.5) is 5.13 Å². The Bertz CT molecular complexity index is 1090. The number of ether oxygens (including phenoxy) is 1. The van der Waals surface area contributed by atoms with Crippen molar-refractivity contribution < 1.29 is 9.84 Å². The van der Waals surface area contributed by atoms with Gasteiger partial charge in [0.15, 0.2) is 5.13 Å². The first-order valence-corrected chi connectivity index (χ1v) is 13.5. The predicted octanol–water partition coefficient (Wildman–Crippen LogP) is 6.10. The Balaban J connectivity index is 1.21. The number of allylic oxidation sites excluding steroid dienone is 1. The first kappa shape index (κ1) is 21.7. The summed E-state index contributed by atoms with van der Waals surface area (Å²) in [4.78, 5) is 6.69. The van der Waals surface area contributed by atoms with E-state index in [0.29, 0.717) is 11.3 Å². The lowest BCUT2D eigenvalue weighted by Gasteiger charge is -2.57. The maximum atomic E-state index is 10.2. The summed E-state index contributed by atoms with van der Waals surface area (Å²) in [7, 11) is 1.71. The average Bonchev–Trinajstić information content (AvgIpc) is 3.35. The summed E-state index contributed by atoms with van der Waals surface area (Å²) >= 11 is 1.88. The second-order valence-electron chi connectivity index (χ2n) is 11.3. The molecular weight excluding hydrogens is 428 g/mol. The number of benzene rings is 1. The highest BCUT2D eigenvalue weighted by Crippen LogP contribution is 2.64. The van der Waals surface area contributed by atoms with Gasteiger partial charge in [0.05, 0.1) is 18.9 Å². The Hall–Kier alpha value is -1.85. The summed E-state index contributed by atoms with van der Waals surface area (Å²) in [5.41, 5.74) is 4.66. The van der Waals surface area contributed by atoms with Gasteiger partial charge in [0.1, 0.15) is 5.75 Å². The molecule has 5 heteroatoms. The van der Waals surface area contributed by atoms with E-state index in [9.17, 15) is 5.11 Å². The third kappa shape index (κ3) is 3.37. The van der Waals surface area contributed by atoms with Crippen LogP contribution >= 0.6 is 11.3 Å². The number of nitrogens with zero attached hydrogens (tertiary/aromatic N) is 1. The van der Waals surface area contributed by atoms with E-state index < -0.39 is 0 Å². The Morgan fingerprint density at radius 3 is 2.85 bits per heavy atom. The number of hydrogen-bond acceptors (Lipinski definition) is 5. The number of aliphatic hydroxyl groups is 1. The molecule has 0 amide bonds. The fourth-order valence-electron chi connectivity index (χ4n) is 7.80. The van der Waals surface area contributed by atoms with E-state index in [1.807, 2.05) is 23.5 Å². The fourth-order valence-corrected chi connectivity index (χ4v) is 8.96. The SMILES string of the molecule is COc1cccc(CNc2nc3c(s2)CC2C4CC=C5CC(O)CCC5(C)C4CCC32C)c1. The van der Waals surface area contributed by atoms with Crippen molar-refractivity contribution in [3.05, 3.63) is 52.0 Å². The topological polar surface area (TPSA) is 54.4 Å². The summed E-state index contributed by atoms with van der Waals surface area (Å²) in [6.45, 7) is 5.78. The number of hydrogen-bond donors (Lipinski definition) is 2. The quantitative estimate of drug-likeness (QED) is 0.537. The van der Waals surface area contributed by atoms with Gasteiger partial charge in [0.2, 0.25) is 0 Å². The summed E-state index contributed by atoms with van der Waals surface area (Å²) < 4.78 is 5.36. The van der Waals surface area contributed by atoms with E-state index in [0.717, 1.165) is 48.5 Å². The van der Waals surface area contributed by atoms with Crippen LogP contribution in [0, 0.1) is 23.2 Å². The maximum absolute atomic E-state index is 10.2. The van der Waals surface area contributed by atoms with Gasteiger partial charge in [-0.1, -0.05) is 37.6 Å². The maximum Gasteiger partial charge on any atom is 0.183 e. The Labute approximate surface area is 201 Å². The largest absolute Gasteiger partial charge is 0.497 e. The molecule has 2 fully saturated rings. The molecule has 2 N–H and O–H groups in total. The van der Waals surface area contributed by atoms with E-state index in [1.165, 1.54) is 41.8 Å². The first-order valence-electron chi connectivity index (χ1n) is 12.7. The van der Waals surface area contributed by atoms with Crippen molar-refractivity contribution in [2.75, 3.05) is 12.4 Å². The van der Waals surface area contributed by atoms with E-state index in [-0.39, 0.29) is 11.5 Å². The van der Waals surface area contributed by atoms with E-state index in [4.69, 9.17) is 9.72 Å². The number of fused-ring (bicyclic) bond motifs is 7. The van der Waals surface area contributed by atoms with Crippen molar-refractivity contribution in [3.8, 4) is 5.75 Å². The number of methoxy groups -OCH3 is 1. The Morgan fingerprint density at radius 2 is 2.00 bits per heavy atom. The van der Waals surface area contributed by atoms with Gasteiger partial charge >= 0.3 is 0 Å². The molecule has 2 saturated carbocycles. The monoisotopic (exact) mass is 464 g/mol. The van der Waals surface area contributed by atoms with Crippen LogP contribution < -0.4 is 10.1 Å². The van der Waals surface area contributed by atoms with Crippen LogP contribution in [0.2, 0.25) is 0 Å². The molecule has 0 bridgehead atoms. The molecule has 6 atom stereocenters.